The fourth-order valence-corrected chi connectivity index (χ4v) is 4.03. The predicted molar refractivity (Wildman–Crippen MR) is 121 cm³/mol. The first-order valence-corrected chi connectivity index (χ1v) is 11.1. The first-order chi connectivity index (χ1) is 15.3. The van der Waals surface area contributed by atoms with Crippen LogP contribution in [0.3, 0.4) is 0 Å². The largest absolute Gasteiger partial charge is 0.334 e. The Morgan fingerprint density at radius 3 is 2.69 bits per heavy atom. The maximum absolute atomic E-state index is 13.1. The molecule has 0 saturated carbocycles. The van der Waals surface area contributed by atoms with Crippen molar-refractivity contribution >= 4 is 34.5 Å². The molecule has 0 spiro atoms. The topological polar surface area (TPSA) is 105 Å². The summed E-state index contributed by atoms with van der Waals surface area (Å²) in [6.07, 6.45) is 0. The molecule has 2 heterocycles. The van der Waals surface area contributed by atoms with Gasteiger partial charge in [0.1, 0.15) is 0 Å². The molecule has 1 N–H and O–H groups in total. The SMILES string of the molecule is Cc1cccc(-c2nc(C(C)C)no2)c1NC(=O)c1cccc(CN2C(=O)CSC2=O)c1. The van der Waals surface area contributed by atoms with Gasteiger partial charge in [-0.1, -0.05) is 55.0 Å². The van der Waals surface area contributed by atoms with Gasteiger partial charge in [-0.25, -0.2) is 0 Å². The van der Waals surface area contributed by atoms with Crippen molar-refractivity contribution in [2.24, 2.45) is 0 Å². The van der Waals surface area contributed by atoms with E-state index in [1.165, 1.54) is 4.90 Å². The van der Waals surface area contributed by atoms with Crippen molar-refractivity contribution in [2.45, 2.75) is 33.2 Å². The number of hydrogen-bond acceptors (Lipinski definition) is 7. The molecule has 164 valence electrons. The van der Waals surface area contributed by atoms with Gasteiger partial charge in [0.05, 0.1) is 23.5 Å². The number of para-hydroxylation sites is 1. The lowest BCUT2D eigenvalue weighted by Crippen LogP contribution is -2.28. The van der Waals surface area contributed by atoms with Crippen LogP contribution in [0.15, 0.2) is 47.0 Å². The first-order valence-electron chi connectivity index (χ1n) is 10.1. The number of amides is 3. The van der Waals surface area contributed by atoms with Gasteiger partial charge in [-0.3, -0.25) is 19.3 Å². The lowest BCUT2D eigenvalue weighted by atomic mass is 10.1. The molecule has 0 radical (unpaired) electrons. The molecule has 0 unspecified atom stereocenters. The van der Waals surface area contributed by atoms with Crippen LogP contribution in [0.4, 0.5) is 10.5 Å². The summed E-state index contributed by atoms with van der Waals surface area (Å²) >= 11 is 0.988. The Labute approximate surface area is 189 Å². The molecule has 0 bridgehead atoms. The number of nitrogens with zero attached hydrogens (tertiary/aromatic N) is 3. The normalized spacial score (nSPS) is 13.8. The molecule has 2 aromatic carbocycles. The van der Waals surface area contributed by atoms with Crippen LogP contribution in [0.2, 0.25) is 0 Å². The third-order valence-electron chi connectivity index (χ3n) is 5.07. The fourth-order valence-electron chi connectivity index (χ4n) is 3.30. The van der Waals surface area contributed by atoms with Crippen LogP contribution in [0.25, 0.3) is 11.5 Å². The summed E-state index contributed by atoms with van der Waals surface area (Å²) in [7, 11) is 0. The van der Waals surface area contributed by atoms with Crippen molar-refractivity contribution in [1.29, 1.82) is 0 Å². The van der Waals surface area contributed by atoms with Crippen LogP contribution in [0, 0.1) is 6.92 Å². The highest BCUT2D eigenvalue weighted by Gasteiger charge is 2.29. The van der Waals surface area contributed by atoms with Crippen LogP contribution in [0.5, 0.6) is 0 Å². The highest BCUT2D eigenvalue weighted by Crippen LogP contribution is 2.31. The summed E-state index contributed by atoms with van der Waals surface area (Å²) in [5.74, 6) is 0.661. The Bertz CT molecular complexity index is 1190. The van der Waals surface area contributed by atoms with E-state index in [0.29, 0.717) is 34.1 Å². The van der Waals surface area contributed by atoms with Gasteiger partial charge in [0.15, 0.2) is 5.82 Å². The number of imide groups is 1. The first kappa shape index (κ1) is 21.8. The van der Waals surface area contributed by atoms with E-state index >= 15 is 0 Å². The summed E-state index contributed by atoms with van der Waals surface area (Å²) in [5.41, 5.74) is 3.19. The number of hydrogen-bond donors (Lipinski definition) is 1. The molecule has 3 amide bonds. The van der Waals surface area contributed by atoms with Gasteiger partial charge in [-0.05, 0) is 36.2 Å². The van der Waals surface area contributed by atoms with Crippen LogP contribution in [-0.2, 0) is 11.3 Å². The molecule has 1 saturated heterocycles. The minimum Gasteiger partial charge on any atom is -0.334 e. The number of aromatic nitrogens is 2. The van der Waals surface area contributed by atoms with Crippen molar-refractivity contribution in [3.05, 3.63) is 65.0 Å². The number of anilines is 1. The zero-order chi connectivity index (χ0) is 22.8. The Morgan fingerprint density at radius 1 is 1.22 bits per heavy atom. The molecule has 9 heteroatoms. The summed E-state index contributed by atoms with van der Waals surface area (Å²) < 4.78 is 5.42. The number of benzene rings is 2. The second kappa shape index (κ2) is 8.96. The van der Waals surface area contributed by atoms with Gasteiger partial charge < -0.3 is 9.84 Å². The smallest absolute Gasteiger partial charge is 0.289 e. The minimum atomic E-state index is -0.320. The van der Waals surface area contributed by atoms with Crippen LogP contribution < -0.4 is 5.32 Å². The second-order valence-corrected chi connectivity index (χ2v) is 8.73. The highest BCUT2D eigenvalue weighted by atomic mass is 32.2. The Kier molecular flexibility index (Phi) is 6.09. The molecule has 0 atom stereocenters. The summed E-state index contributed by atoms with van der Waals surface area (Å²) in [6.45, 7) is 5.98. The molecule has 1 aromatic heterocycles. The third-order valence-corrected chi connectivity index (χ3v) is 5.93. The standard InChI is InChI=1S/C23H22N4O4S/c1-13(2)20-25-22(31-26-20)17-9-4-6-14(3)19(17)24-21(29)16-8-5-7-15(10-16)11-27-18(28)12-32-23(27)30/h4-10,13H,11-12H2,1-3H3,(H,24,29). The molecule has 3 aromatic rings. The maximum atomic E-state index is 13.1. The fraction of sp³-hybridized carbons (Fsp3) is 0.261. The zero-order valence-electron chi connectivity index (χ0n) is 17.9. The number of aryl methyl sites for hydroxylation is 1. The van der Waals surface area contributed by atoms with E-state index in [2.05, 4.69) is 15.5 Å². The zero-order valence-corrected chi connectivity index (χ0v) is 18.7. The van der Waals surface area contributed by atoms with E-state index in [0.717, 1.165) is 17.3 Å². The second-order valence-electron chi connectivity index (χ2n) is 7.80. The van der Waals surface area contributed by atoms with E-state index in [9.17, 15) is 14.4 Å². The molecule has 0 aliphatic carbocycles. The van der Waals surface area contributed by atoms with Crippen molar-refractivity contribution in [1.82, 2.24) is 15.0 Å². The van der Waals surface area contributed by atoms with E-state index in [1.807, 2.05) is 39.0 Å². The van der Waals surface area contributed by atoms with Gasteiger partial charge in [0.2, 0.25) is 5.91 Å². The molecule has 4 rings (SSSR count). The molecular weight excluding hydrogens is 428 g/mol. The van der Waals surface area contributed by atoms with Gasteiger partial charge in [0, 0.05) is 11.5 Å². The van der Waals surface area contributed by atoms with Gasteiger partial charge in [-0.15, -0.1) is 0 Å². The Balaban J connectivity index is 1.58. The number of nitrogens with one attached hydrogen (secondary N) is 1. The van der Waals surface area contributed by atoms with E-state index in [4.69, 9.17) is 4.52 Å². The van der Waals surface area contributed by atoms with E-state index in [1.54, 1.807) is 24.3 Å². The summed E-state index contributed by atoms with van der Waals surface area (Å²) in [4.78, 5) is 42.5. The van der Waals surface area contributed by atoms with Crippen LogP contribution in [-0.4, -0.2) is 37.8 Å². The third kappa shape index (κ3) is 4.43. The molecular formula is C23H22N4O4S. The number of carbonyl (C=O) groups excluding carboxylic acids is 3. The summed E-state index contributed by atoms with van der Waals surface area (Å²) in [5, 5.41) is 6.70. The molecule has 32 heavy (non-hydrogen) atoms. The average Bonchev–Trinajstić information content (AvgIpc) is 3.38. The van der Waals surface area contributed by atoms with Gasteiger partial charge in [0.25, 0.3) is 17.0 Å². The van der Waals surface area contributed by atoms with E-state index < -0.39 is 0 Å². The number of thioether (sulfide) groups is 1. The molecule has 8 nitrogen and oxygen atoms in total. The average molecular weight is 451 g/mol. The lowest BCUT2D eigenvalue weighted by Gasteiger charge is -2.14. The van der Waals surface area contributed by atoms with Crippen LogP contribution in [0.1, 0.15) is 47.1 Å². The van der Waals surface area contributed by atoms with Gasteiger partial charge >= 0.3 is 0 Å². The Morgan fingerprint density at radius 2 is 2.00 bits per heavy atom. The van der Waals surface area contributed by atoms with Crippen molar-refractivity contribution < 1.29 is 18.9 Å². The molecule has 1 aliphatic rings. The van der Waals surface area contributed by atoms with Crippen molar-refractivity contribution in [2.75, 3.05) is 11.1 Å². The number of rotatable bonds is 6. The number of carbonyl (C=O) groups is 3. The quantitative estimate of drug-likeness (QED) is 0.584. The monoisotopic (exact) mass is 450 g/mol. The van der Waals surface area contributed by atoms with Crippen molar-refractivity contribution in [3.8, 4) is 11.5 Å². The summed E-state index contributed by atoms with van der Waals surface area (Å²) in [6, 6.07) is 12.4. The van der Waals surface area contributed by atoms with E-state index in [-0.39, 0.29) is 35.3 Å². The maximum Gasteiger partial charge on any atom is 0.289 e. The predicted octanol–water partition coefficient (Wildman–Crippen LogP) is 4.62. The van der Waals surface area contributed by atoms with Crippen molar-refractivity contribution in [3.63, 3.8) is 0 Å². The van der Waals surface area contributed by atoms with Gasteiger partial charge in [-0.2, -0.15) is 4.98 Å². The highest BCUT2D eigenvalue weighted by molar-refractivity contribution is 8.14. The van der Waals surface area contributed by atoms with Crippen LogP contribution >= 0.6 is 11.8 Å². The minimum absolute atomic E-state index is 0.117. The Hall–Kier alpha value is -3.46. The molecule has 1 aliphatic heterocycles. The lowest BCUT2D eigenvalue weighted by molar-refractivity contribution is -0.125. The molecule has 1 fully saturated rings.